The Morgan fingerprint density at radius 2 is 1.85 bits per heavy atom. The normalized spacial score (nSPS) is 15.8. The first-order valence-corrected chi connectivity index (χ1v) is 10.6. The third-order valence-electron chi connectivity index (χ3n) is 5.06. The molecule has 2 aromatic carbocycles. The first-order valence-electron chi connectivity index (χ1n) is 8.70. The molecule has 1 aromatic heterocycles. The Hall–Kier alpha value is -2.18. The van der Waals surface area contributed by atoms with Crippen LogP contribution in [0.25, 0.3) is 10.9 Å². The third kappa shape index (κ3) is 3.39. The van der Waals surface area contributed by atoms with Gasteiger partial charge in [0, 0.05) is 42.5 Å². The van der Waals surface area contributed by atoms with Gasteiger partial charge < -0.3 is 4.98 Å². The van der Waals surface area contributed by atoms with Gasteiger partial charge in [-0.15, -0.1) is 0 Å². The van der Waals surface area contributed by atoms with Gasteiger partial charge in [-0.3, -0.25) is 4.90 Å². The maximum atomic E-state index is 13.9. The van der Waals surface area contributed by atoms with Gasteiger partial charge in [-0.1, -0.05) is 12.1 Å². The number of sulfone groups is 1. The van der Waals surface area contributed by atoms with Crippen molar-refractivity contribution in [3.63, 3.8) is 0 Å². The molecule has 0 fully saturated rings. The Morgan fingerprint density at radius 3 is 2.58 bits per heavy atom. The number of hydrogen-bond donors (Lipinski definition) is 1. The zero-order chi connectivity index (χ0) is 18.3. The minimum atomic E-state index is -3.18. The third-order valence-corrected chi connectivity index (χ3v) is 6.17. The molecule has 0 radical (unpaired) electrons. The van der Waals surface area contributed by atoms with E-state index in [0.29, 0.717) is 10.3 Å². The lowest BCUT2D eigenvalue weighted by molar-refractivity contribution is 0.276. The molecular formula is C20H21FN2O2S. The van der Waals surface area contributed by atoms with Gasteiger partial charge in [0.05, 0.1) is 4.90 Å². The quantitative estimate of drug-likeness (QED) is 0.767. The predicted octanol–water partition coefficient (Wildman–Crippen LogP) is 3.31. The highest BCUT2D eigenvalue weighted by Gasteiger charge is 2.17. The fourth-order valence-corrected chi connectivity index (χ4v) is 4.31. The molecule has 0 bridgehead atoms. The number of aromatic nitrogens is 1. The summed E-state index contributed by atoms with van der Waals surface area (Å²) in [7, 11) is -3.18. The zero-order valence-corrected chi connectivity index (χ0v) is 15.4. The number of fused-ring (bicyclic) bond motifs is 2. The lowest BCUT2D eigenvalue weighted by atomic mass is 10.0. The van der Waals surface area contributed by atoms with Crippen LogP contribution in [0.15, 0.2) is 47.4 Å². The molecule has 6 heteroatoms. The summed E-state index contributed by atoms with van der Waals surface area (Å²) in [5.74, 6) is -0.207. The summed E-state index contributed by atoms with van der Waals surface area (Å²) < 4.78 is 37.4. The smallest absolute Gasteiger partial charge is 0.175 e. The molecule has 0 amide bonds. The highest BCUT2D eigenvalue weighted by Crippen LogP contribution is 2.23. The molecule has 0 atom stereocenters. The average molecular weight is 372 g/mol. The van der Waals surface area contributed by atoms with Crippen molar-refractivity contribution in [2.24, 2.45) is 0 Å². The monoisotopic (exact) mass is 372 g/mol. The molecule has 136 valence electrons. The lowest BCUT2D eigenvalue weighted by Gasteiger charge is -2.18. The number of hydrogen-bond acceptors (Lipinski definition) is 3. The van der Waals surface area contributed by atoms with Gasteiger partial charge in [-0.2, -0.15) is 0 Å². The van der Waals surface area contributed by atoms with Crippen LogP contribution in [0.5, 0.6) is 0 Å². The Kier molecular flexibility index (Phi) is 4.32. The molecule has 4 nitrogen and oxygen atoms in total. The number of halogens is 1. The van der Waals surface area contributed by atoms with Crippen LogP contribution in [0.1, 0.15) is 16.8 Å². The van der Waals surface area contributed by atoms with Gasteiger partial charge in [-0.25, -0.2) is 12.8 Å². The van der Waals surface area contributed by atoms with Crippen molar-refractivity contribution in [2.45, 2.75) is 24.3 Å². The molecule has 26 heavy (non-hydrogen) atoms. The second kappa shape index (κ2) is 6.52. The summed E-state index contributed by atoms with van der Waals surface area (Å²) in [5, 5.41) is 0.624. The average Bonchev–Trinajstić information content (AvgIpc) is 2.90. The van der Waals surface area contributed by atoms with E-state index in [1.165, 1.54) is 17.9 Å². The molecule has 0 unspecified atom stereocenters. The summed E-state index contributed by atoms with van der Waals surface area (Å²) in [6, 6.07) is 12.4. The van der Waals surface area contributed by atoms with E-state index in [1.807, 2.05) is 24.3 Å². The summed E-state index contributed by atoms with van der Waals surface area (Å²) in [6.07, 6.45) is 2.94. The van der Waals surface area contributed by atoms with Gasteiger partial charge in [0.1, 0.15) is 5.82 Å². The van der Waals surface area contributed by atoms with Crippen LogP contribution in [0, 0.1) is 5.82 Å². The van der Waals surface area contributed by atoms with Crippen molar-refractivity contribution in [1.82, 2.24) is 9.88 Å². The van der Waals surface area contributed by atoms with Crippen LogP contribution in [0.2, 0.25) is 0 Å². The number of rotatable bonds is 3. The first-order chi connectivity index (χ1) is 12.4. The van der Waals surface area contributed by atoms with E-state index in [9.17, 15) is 12.8 Å². The summed E-state index contributed by atoms with van der Waals surface area (Å²) in [5.41, 5.74) is 4.13. The van der Waals surface area contributed by atoms with Crippen molar-refractivity contribution >= 4 is 20.7 Å². The molecule has 0 aliphatic carbocycles. The van der Waals surface area contributed by atoms with Crippen molar-refractivity contribution < 1.29 is 12.8 Å². The van der Waals surface area contributed by atoms with Crippen molar-refractivity contribution in [3.05, 3.63) is 65.1 Å². The second-order valence-electron chi connectivity index (χ2n) is 6.97. The lowest BCUT2D eigenvalue weighted by Crippen LogP contribution is -2.26. The van der Waals surface area contributed by atoms with E-state index < -0.39 is 9.84 Å². The number of aromatic amines is 1. The fourth-order valence-electron chi connectivity index (χ4n) is 3.64. The minimum Gasteiger partial charge on any atom is -0.357 e. The Morgan fingerprint density at radius 1 is 1.08 bits per heavy atom. The van der Waals surface area contributed by atoms with E-state index in [0.717, 1.165) is 49.2 Å². The standard InChI is InChI=1S/C20H21FN2O2S/c1-26(24,25)17-6-5-14-7-9-23(10-8-15(14)11-17)13-16-12-18-19(21)3-2-4-20(18)22-16/h2-6,11-12,22H,7-10,13H2,1H3. The molecule has 3 aromatic rings. The van der Waals surface area contributed by atoms with Crippen molar-refractivity contribution in [2.75, 3.05) is 19.3 Å². The van der Waals surface area contributed by atoms with E-state index in [-0.39, 0.29) is 5.82 Å². The van der Waals surface area contributed by atoms with Crippen LogP contribution in [-0.2, 0) is 29.2 Å². The maximum Gasteiger partial charge on any atom is 0.175 e. The molecule has 0 saturated carbocycles. The van der Waals surface area contributed by atoms with Gasteiger partial charge >= 0.3 is 0 Å². The van der Waals surface area contributed by atoms with Gasteiger partial charge in [0.2, 0.25) is 0 Å². The topological polar surface area (TPSA) is 53.2 Å². The molecule has 1 aliphatic heterocycles. The van der Waals surface area contributed by atoms with Gasteiger partial charge in [-0.05, 0) is 54.3 Å². The van der Waals surface area contributed by atoms with E-state index in [2.05, 4.69) is 9.88 Å². The summed E-state index contributed by atoms with van der Waals surface area (Å²) in [4.78, 5) is 6.00. The van der Waals surface area contributed by atoms with E-state index in [1.54, 1.807) is 12.1 Å². The summed E-state index contributed by atoms with van der Waals surface area (Å²) >= 11 is 0. The van der Waals surface area contributed by atoms with Crippen LogP contribution >= 0.6 is 0 Å². The number of benzene rings is 2. The van der Waals surface area contributed by atoms with Crippen LogP contribution in [0.3, 0.4) is 0 Å². The fraction of sp³-hybridized carbons (Fsp3) is 0.300. The predicted molar refractivity (Wildman–Crippen MR) is 100 cm³/mol. The highest BCUT2D eigenvalue weighted by atomic mass is 32.2. The van der Waals surface area contributed by atoms with Crippen molar-refractivity contribution in [1.29, 1.82) is 0 Å². The molecule has 1 aliphatic rings. The van der Waals surface area contributed by atoms with Gasteiger partial charge in [0.25, 0.3) is 0 Å². The molecule has 4 rings (SSSR count). The van der Waals surface area contributed by atoms with E-state index >= 15 is 0 Å². The first kappa shape index (κ1) is 17.2. The largest absolute Gasteiger partial charge is 0.357 e. The van der Waals surface area contributed by atoms with Crippen LogP contribution in [0.4, 0.5) is 4.39 Å². The number of nitrogens with zero attached hydrogens (tertiary/aromatic N) is 1. The molecule has 1 N–H and O–H groups in total. The summed E-state index contributed by atoms with van der Waals surface area (Å²) in [6.45, 7) is 2.46. The van der Waals surface area contributed by atoms with Crippen molar-refractivity contribution in [3.8, 4) is 0 Å². The highest BCUT2D eigenvalue weighted by molar-refractivity contribution is 7.90. The van der Waals surface area contributed by atoms with Crippen LogP contribution < -0.4 is 0 Å². The zero-order valence-electron chi connectivity index (χ0n) is 14.6. The number of H-pyrrole nitrogens is 1. The molecule has 2 heterocycles. The second-order valence-corrected chi connectivity index (χ2v) is 8.99. The number of nitrogens with one attached hydrogen (secondary N) is 1. The van der Waals surface area contributed by atoms with E-state index in [4.69, 9.17) is 0 Å². The Labute approximate surface area is 152 Å². The maximum absolute atomic E-state index is 13.9. The SMILES string of the molecule is CS(=O)(=O)c1ccc2c(c1)CCN(Cc1cc3c(F)cccc3[nH]1)CC2. The molecule has 0 saturated heterocycles. The Bertz CT molecular complexity index is 1070. The molecule has 0 spiro atoms. The van der Waals surface area contributed by atoms with Crippen LogP contribution in [-0.4, -0.2) is 37.6 Å². The Balaban J connectivity index is 1.52. The van der Waals surface area contributed by atoms with Gasteiger partial charge in [0.15, 0.2) is 9.84 Å². The molecular weight excluding hydrogens is 351 g/mol. The minimum absolute atomic E-state index is 0.207.